The zero-order chi connectivity index (χ0) is 27.0. The van der Waals surface area contributed by atoms with Gasteiger partial charge in [-0.25, -0.2) is 9.59 Å². The fourth-order valence-electron chi connectivity index (χ4n) is 4.35. The van der Waals surface area contributed by atoms with Crippen LogP contribution >= 0.6 is 23.2 Å². The van der Waals surface area contributed by atoms with Gasteiger partial charge in [-0.1, -0.05) is 23.3 Å². The fraction of sp³-hybridized carbons (Fsp3) is 0.481. The molecule has 1 saturated carbocycles. The number of allylic oxidation sites excluding steroid dienone is 4. The molecule has 0 aromatic heterocycles. The van der Waals surface area contributed by atoms with Gasteiger partial charge < -0.3 is 9.47 Å². The fourth-order valence-corrected chi connectivity index (χ4v) is 4.72. The number of ketones is 2. The summed E-state index contributed by atoms with van der Waals surface area (Å²) in [7, 11) is 0. The Kier molecular flexibility index (Phi) is 8.06. The van der Waals surface area contributed by atoms with E-state index in [0.717, 1.165) is 10.5 Å². The van der Waals surface area contributed by atoms with Gasteiger partial charge in [0.05, 0.1) is 17.5 Å². The Labute approximate surface area is 221 Å². The predicted octanol–water partition coefficient (Wildman–Crippen LogP) is 6.74. The molecule has 2 amide bonds. The van der Waals surface area contributed by atoms with Crippen molar-refractivity contribution in [2.45, 2.75) is 65.6 Å². The second-order valence-electron chi connectivity index (χ2n) is 10.9. The van der Waals surface area contributed by atoms with Gasteiger partial charge in [-0.3, -0.25) is 9.59 Å². The summed E-state index contributed by atoms with van der Waals surface area (Å²) in [5.74, 6) is -1.51. The number of ether oxygens (including phenoxy) is 2. The van der Waals surface area contributed by atoms with Crippen molar-refractivity contribution in [1.29, 1.82) is 0 Å². The van der Waals surface area contributed by atoms with Crippen LogP contribution in [0.4, 0.5) is 15.3 Å². The molecule has 1 fully saturated rings. The summed E-state index contributed by atoms with van der Waals surface area (Å²) in [6, 6.07) is 4.62. The molecule has 3 rings (SSSR count). The van der Waals surface area contributed by atoms with Gasteiger partial charge in [0.25, 0.3) is 0 Å². The Morgan fingerprint density at radius 1 is 1.00 bits per heavy atom. The molecule has 0 saturated heterocycles. The van der Waals surface area contributed by atoms with Crippen LogP contribution in [0.3, 0.4) is 0 Å². The van der Waals surface area contributed by atoms with E-state index in [1.54, 1.807) is 47.6 Å². The molecule has 2 atom stereocenters. The molecule has 1 aromatic carbocycles. The summed E-state index contributed by atoms with van der Waals surface area (Å²) in [4.78, 5) is 52.7. The number of nitrogens with zero attached hydrogens (tertiary/aromatic N) is 1. The first-order chi connectivity index (χ1) is 16.6. The van der Waals surface area contributed by atoms with Gasteiger partial charge in [-0.05, 0) is 84.2 Å². The van der Waals surface area contributed by atoms with E-state index >= 15 is 0 Å². The van der Waals surface area contributed by atoms with E-state index in [4.69, 9.17) is 32.7 Å². The minimum Gasteiger partial charge on any atom is -0.443 e. The normalized spacial score (nSPS) is 19.7. The lowest BCUT2D eigenvalue weighted by atomic mass is 9.81. The zero-order valence-electron chi connectivity index (χ0n) is 21.3. The molecule has 9 heteroatoms. The number of Topliss-reactive ketones (excluding diaryl/α,β-unsaturated/α-hetero) is 1. The van der Waals surface area contributed by atoms with E-state index in [2.05, 4.69) is 0 Å². The number of fused-ring (bicyclic) bond motifs is 1. The summed E-state index contributed by atoms with van der Waals surface area (Å²) in [6.07, 6.45) is 2.50. The molecule has 0 spiro atoms. The highest BCUT2D eigenvalue weighted by molar-refractivity contribution is 6.31. The Balaban J connectivity index is 2.10. The number of benzene rings is 1. The van der Waals surface area contributed by atoms with Crippen LogP contribution in [0.1, 0.15) is 59.9 Å². The van der Waals surface area contributed by atoms with Crippen LogP contribution < -0.4 is 4.90 Å². The first kappa shape index (κ1) is 27.9. The van der Waals surface area contributed by atoms with Crippen molar-refractivity contribution in [3.63, 3.8) is 0 Å². The number of hydrogen-bond acceptors (Lipinski definition) is 6. The monoisotopic (exact) mass is 535 g/mol. The zero-order valence-corrected chi connectivity index (χ0v) is 22.8. The van der Waals surface area contributed by atoms with Crippen molar-refractivity contribution in [2.24, 2.45) is 11.8 Å². The maximum atomic E-state index is 13.2. The predicted molar refractivity (Wildman–Crippen MR) is 139 cm³/mol. The Morgan fingerprint density at radius 2 is 1.58 bits per heavy atom. The smallest absolute Gasteiger partial charge is 0.424 e. The molecule has 0 bridgehead atoms. The number of carbonyl (C=O) groups excluding carboxylic acids is 4. The Bertz CT molecular complexity index is 1130. The highest BCUT2D eigenvalue weighted by Gasteiger charge is 2.42. The van der Waals surface area contributed by atoms with Gasteiger partial charge in [-0.2, -0.15) is 4.90 Å². The molecule has 2 aliphatic rings. The third-order valence-corrected chi connectivity index (χ3v) is 6.20. The van der Waals surface area contributed by atoms with E-state index in [0.29, 0.717) is 29.0 Å². The lowest BCUT2D eigenvalue weighted by molar-refractivity contribution is -0.126. The Morgan fingerprint density at radius 3 is 2.11 bits per heavy atom. The van der Waals surface area contributed by atoms with Crippen molar-refractivity contribution in [2.75, 3.05) is 10.8 Å². The SMILES string of the molecule is CC(C)(C)OC(=O)N(C(=O)OC(C)(C)C)c1ccc(Cl)cc1C1=CC(=O)C2C(=C1)CCC2C(=O)CCl. The van der Waals surface area contributed by atoms with Gasteiger partial charge in [0.2, 0.25) is 0 Å². The van der Waals surface area contributed by atoms with E-state index in [9.17, 15) is 19.2 Å². The second-order valence-corrected chi connectivity index (χ2v) is 11.6. The lowest BCUT2D eigenvalue weighted by Gasteiger charge is -2.30. The van der Waals surface area contributed by atoms with Gasteiger partial charge >= 0.3 is 12.2 Å². The number of imide groups is 1. The standard InChI is InChI=1S/C27H31Cl2NO6/c1-26(2,3)35-24(33)30(25(34)36-27(4,5)6)20-10-8-17(29)13-19(20)16-11-15-7-9-18(22(32)14-28)23(15)21(31)12-16/h8,10-13,18,23H,7,9,14H2,1-6H3. The number of hydrogen-bond donors (Lipinski definition) is 0. The molecule has 36 heavy (non-hydrogen) atoms. The minimum absolute atomic E-state index is 0.141. The minimum atomic E-state index is -0.928. The van der Waals surface area contributed by atoms with Gasteiger partial charge in [-0.15, -0.1) is 11.6 Å². The molecule has 0 radical (unpaired) electrons. The van der Waals surface area contributed by atoms with E-state index in [-0.39, 0.29) is 23.1 Å². The van der Waals surface area contributed by atoms with Crippen LogP contribution in [0.25, 0.3) is 5.57 Å². The molecular formula is C27H31Cl2NO6. The van der Waals surface area contributed by atoms with Crippen LogP contribution in [0.5, 0.6) is 0 Å². The highest BCUT2D eigenvalue weighted by Crippen LogP contribution is 2.44. The molecule has 7 nitrogen and oxygen atoms in total. The van der Waals surface area contributed by atoms with Crippen molar-refractivity contribution in [3.05, 3.63) is 46.5 Å². The average molecular weight is 536 g/mol. The Hall–Kier alpha value is -2.64. The summed E-state index contributed by atoms with van der Waals surface area (Å²) < 4.78 is 11.0. The van der Waals surface area contributed by atoms with Gasteiger partial charge in [0, 0.05) is 16.5 Å². The summed E-state index contributed by atoms with van der Waals surface area (Å²) in [5.41, 5.74) is 0.0575. The third kappa shape index (κ3) is 6.37. The average Bonchev–Trinajstić information content (AvgIpc) is 3.16. The van der Waals surface area contributed by atoms with Crippen LogP contribution in [-0.4, -0.2) is 40.8 Å². The van der Waals surface area contributed by atoms with E-state index in [1.165, 1.54) is 18.2 Å². The van der Waals surface area contributed by atoms with Crippen LogP contribution in [-0.2, 0) is 19.1 Å². The summed E-state index contributed by atoms with van der Waals surface area (Å²) >= 11 is 12.1. The van der Waals surface area contributed by atoms with E-state index < -0.39 is 35.2 Å². The maximum absolute atomic E-state index is 13.2. The molecule has 2 aliphatic carbocycles. The lowest BCUT2D eigenvalue weighted by Crippen LogP contribution is -2.44. The van der Waals surface area contributed by atoms with Crippen molar-refractivity contribution in [3.8, 4) is 0 Å². The quantitative estimate of drug-likeness (QED) is 0.396. The molecule has 2 unspecified atom stereocenters. The number of rotatable bonds is 4. The highest BCUT2D eigenvalue weighted by atomic mass is 35.5. The molecule has 1 aromatic rings. The van der Waals surface area contributed by atoms with E-state index in [1.807, 2.05) is 6.08 Å². The summed E-state index contributed by atoms with van der Waals surface area (Å²) in [5, 5.41) is 0.345. The van der Waals surface area contributed by atoms with Crippen molar-refractivity contribution in [1.82, 2.24) is 0 Å². The van der Waals surface area contributed by atoms with Crippen LogP contribution in [0.15, 0.2) is 35.9 Å². The molecule has 0 N–H and O–H groups in total. The molecular weight excluding hydrogens is 505 g/mol. The number of amides is 2. The molecule has 194 valence electrons. The topological polar surface area (TPSA) is 90.0 Å². The number of halogens is 2. The van der Waals surface area contributed by atoms with Gasteiger partial charge in [0.1, 0.15) is 11.2 Å². The van der Waals surface area contributed by atoms with Crippen LogP contribution in [0.2, 0.25) is 5.02 Å². The molecule has 0 heterocycles. The second kappa shape index (κ2) is 10.4. The van der Waals surface area contributed by atoms with Crippen molar-refractivity contribution >= 4 is 58.2 Å². The maximum Gasteiger partial charge on any atom is 0.424 e. The largest absolute Gasteiger partial charge is 0.443 e. The number of alkyl halides is 1. The first-order valence-corrected chi connectivity index (χ1v) is 12.6. The number of carbonyl (C=O) groups is 4. The first-order valence-electron chi connectivity index (χ1n) is 11.7. The van der Waals surface area contributed by atoms with Crippen LogP contribution in [0, 0.1) is 11.8 Å². The molecule has 0 aliphatic heterocycles. The summed E-state index contributed by atoms with van der Waals surface area (Å²) in [6.45, 7) is 10.1. The van der Waals surface area contributed by atoms with Gasteiger partial charge in [0.15, 0.2) is 11.6 Å². The third-order valence-electron chi connectivity index (χ3n) is 5.70. The van der Waals surface area contributed by atoms with Crippen molar-refractivity contribution < 1.29 is 28.7 Å². The number of anilines is 1.